The highest BCUT2D eigenvalue weighted by Gasteiger charge is 2.51. The van der Waals surface area contributed by atoms with E-state index in [9.17, 15) is 9.59 Å². The largest absolute Gasteiger partial charge is 0.497 e. The van der Waals surface area contributed by atoms with Crippen LogP contribution in [0.4, 0.5) is 0 Å². The Bertz CT molecular complexity index is 1290. The smallest absolute Gasteiger partial charge is 0.282 e. The van der Waals surface area contributed by atoms with Gasteiger partial charge in [-0.3, -0.25) is 9.59 Å². The number of fused-ring (bicyclic) bond motifs is 2. The Morgan fingerprint density at radius 2 is 1.79 bits per heavy atom. The summed E-state index contributed by atoms with van der Waals surface area (Å²) >= 11 is 0. The Hall–Kier alpha value is -3.85. The molecule has 5 rings (SSSR count). The minimum Gasteiger partial charge on any atom is -0.497 e. The molecule has 1 spiro atoms. The highest BCUT2D eigenvalue weighted by atomic mass is 16.5. The lowest BCUT2D eigenvalue weighted by Gasteiger charge is -2.47. The number of benzene rings is 2. The van der Waals surface area contributed by atoms with Gasteiger partial charge in [-0.1, -0.05) is 6.07 Å². The van der Waals surface area contributed by atoms with Crippen LogP contribution in [0.1, 0.15) is 33.7 Å². The fourth-order valence-electron chi connectivity index (χ4n) is 4.62. The Balaban J connectivity index is 1.66. The monoisotopic (exact) mass is 463 g/mol. The lowest BCUT2D eigenvalue weighted by molar-refractivity contribution is -0.0778. The third-order valence-corrected chi connectivity index (χ3v) is 6.34. The van der Waals surface area contributed by atoms with Crippen molar-refractivity contribution in [3.8, 4) is 23.0 Å². The highest BCUT2D eigenvalue weighted by Crippen LogP contribution is 2.41. The average Bonchev–Trinajstić information content (AvgIpc) is 2.87. The van der Waals surface area contributed by atoms with Crippen LogP contribution >= 0.6 is 0 Å². The Labute approximate surface area is 196 Å². The standard InChI is InChI=1S/C25H25N3O6/c1-31-15-7-8-19-17(13-15)23(29)28(25(34-19)9-11-26-12-10-25)24(30)18-14-21(33-3)16-5-4-6-20(32-2)22(16)27-18/h4-8,13-14,26H,9-12H2,1-3H3. The summed E-state index contributed by atoms with van der Waals surface area (Å²) < 4.78 is 22.7. The van der Waals surface area contributed by atoms with Gasteiger partial charge >= 0.3 is 0 Å². The van der Waals surface area contributed by atoms with Gasteiger partial charge in [0.2, 0.25) is 0 Å². The number of pyridine rings is 1. The number of ether oxygens (including phenoxy) is 4. The van der Waals surface area contributed by atoms with E-state index in [-0.39, 0.29) is 11.3 Å². The summed E-state index contributed by atoms with van der Waals surface area (Å²) in [5, 5.41) is 3.97. The molecule has 9 nitrogen and oxygen atoms in total. The topological polar surface area (TPSA) is 99.2 Å². The summed E-state index contributed by atoms with van der Waals surface area (Å²) in [6.07, 6.45) is 0.897. The number of nitrogens with zero attached hydrogens (tertiary/aromatic N) is 2. The van der Waals surface area contributed by atoms with Gasteiger partial charge in [0.25, 0.3) is 11.8 Å². The number of carbonyl (C=O) groups is 2. The maximum atomic E-state index is 14.0. The molecule has 1 fully saturated rings. The summed E-state index contributed by atoms with van der Waals surface area (Å²) in [5.74, 6) is 0.874. The molecule has 3 aromatic rings. The van der Waals surface area contributed by atoms with Crippen LogP contribution in [0.2, 0.25) is 0 Å². The van der Waals surface area contributed by atoms with Gasteiger partial charge in [-0.2, -0.15) is 0 Å². The minimum absolute atomic E-state index is 0.0649. The molecule has 0 aliphatic carbocycles. The lowest BCUT2D eigenvalue weighted by atomic mass is 9.94. The van der Waals surface area contributed by atoms with Crippen molar-refractivity contribution in [2.45, 2.75) is 18.6 Å². The number of hydrogen-bond acceptors (Lipinski definition) is 8. The van der Waals surface area contributed by atoms with E-state index in [1.165, 1.54) is 26.2 Å². The Morgan fingerprint density at radius 1 is 1.03 bits per heavy atom. The third kappa shape index (κ3) is 3.40. The van der Waals surface area contributed by atoms with Gasteiger partial charge in [0, 0.05) is 37.4 Å². The molecule has 2 amide bonds. The van der Waals surface area contributed by atoms with E-state index < -0.39 is 17.5 Å². The Kier molecular flexibility index (Phi) is 5.49. The predicted molar refractivity (Wildman–Crippen MR) is 124 cm³/mol. The molecule has 2 aliphatic heterocycles. The van der Waals surface area contributed by atoms with Crippen LogP contribution in [0.15, 0.2) is 42.5 Å². The second kappa shape index (κ2) is 8.49. The van der Waals surface area contributed by atoms with Crippen LogP contribution in [0, 0.1) is 0 Å². The maximum Gasteiger partial charge on any atom is 0.282 e. The number of aromatic nitrogens is 1. The first-order valence-corrected chi connectivity index (χ1v) is 11.0. The van der Waals surface area contributed by atoms with Gasteiger partial charge in [0.15, 0.2) is 5.72 Å². The van der Waals surface area contributed by atoms with Crippen molar-refractivity contribution in [2.75, 3.05) is 34.4 Å². The molecule has 0 unspecified atom stereocenters. The van der Waals surface area contributed by atoms with E-state index in [1.807, 2.05) is 12.1 Å². The van der Waals surface area contributed by atoms with Crippen molar-refractivity contribution in [3.05, 3.63) is 53.7 Å². The second-order valence-electron chi connectivity index (χ2n) is 8.17. The van der Waals surface area contributed by atoms with E-state index >= 15 is 0 Å². The summed E-state index contributed by atoms with van der Waals surface area (Å²) in [6.45, 7) is 1.20. The van der Waals surface area contributed by atoms with E-state index in [4.69, 9.17) is 18.9 Å². The molecule has 0 bridgehead atoms. The number of nitrogens with one attached hydrogen (secondary N) is 1. The lowest BCUT2D eigenvalue weighted by Crippen LogP contribution is -2.64. The number of hydrogen-bond donors (Lipinski definition) is 1. The number of piperidine rings is 1. The van der Waals surface area contributed by atoms with Crippen molar-refractivity contribution in [1.29, 1.82) is 0 Å². The Morgan fingerprint density at radius 3 is 2.50 bits per heavy atom. The molecule has 9 heteroatoms. The molecule has 2 aromatic carbocycles. The summed E-state index contributed by atoms with van der Waals surface area (Å²) in [7, 11) is 4.58. The van der Waals surface area contributed by atoms with E-state index in [0.717, 1.165) is 0 Å². The minimum atomic E-state index is -1.12. The number of methoxy groups -OCH3 is 3. The quantitative estimate of drug-likeness (QED) is 0.590. The zero-order valence-electron chi connectivity index (χ0n) is 19.2. The number of rotatable bonds is 4. The molecular weight excluding hydrogens is 438 g/mol. The van der Waals surface area contributed by atoms with Crippen LogP contribution < -0.4 is 24.3 Å². The van der Waals surface area contributed by atoms with Gasteiger partial charge in [0.05, 0.1) is 26.9 Å². The van der Waals surface area contributed by atoms with Crippen molar-refractivity contribution >= 4 is 22.7 Å². The number of imide groups is 1. The SMILES string of the molecule is COc1ccc2c(c1)C(=O)N(C(=O)c1cc(OC)c3cccc(OC)c3n1)C1(CCNCC1)O2. The summed E-state index contributed by atoms with van der Waals surface area (Å²) in [5.41, 5.74) is -0.317. The van der Waals surface area contributed by atoms with Crippen LogP contribution in [0.5, 0.6) is 23.0 Å². The van der Waals surface area contributed by atoms with Crippen LogP contribution in [0.25, 0.3) is 10.9 Å². The molecular formula is C25H25N3O6. The van der Waals surface area contributed by atoms with Crippen LogP contribution in [0.3, 0.4) is 0 Å². The molecule has 0 atom stereocenters. The number of amides is 2. The highest BCUT2D eigenvalue weighted by molar-refractivity contribution is 6.13. The van der Waals surface area contributed by atoms with Gasteiger partial charge in [-0.05, 0) is 30.3 Å². The molecule has 0 radical (unpaired) electrons. The molecule has 1 saturated heterocycles. The van der Waals surface area contributed by atoms with Crippen molar-refractivity contribution in [1.82, 2.24) is 15.2 Å². The van der Waals surface area contributed by atoms with Gasteiger partial charge < -0.3 is 24.3 Å². The molecule has 0 saturated carbocycles. The van der Waals surface area contributed by atoms with Crippen LogP contribution in [-0.4, -0.2) is 61.8 Å². The normalized spacial score (nSPS) is 16.7. The van der Waals surface area contributed by atoms with Crippen molar-refractivity contribution < 1.29 is 28.5 Å². The first-order valence-electron chi connectivity index (χ1n) is 11.0. The van der Waals surface area contributed by atoms with Crippen LogP contribution in [-0.2, 0) is 0 Å². The number of carbonyl (C=O) groups excluding carboxylic acids is 2. The van der Waals surface area contributed by atoms with Crippen molar-refractivity contribution in [2.24, 2.45) is 0 Å². The zero-order chi connectivity index (χ0) is 23.9. The molecule has 1 aromatic heterocycles. The number of para-hydroxylation sites is 1. The molecule has 2 aliphatic rings. The molecule has 34 heavy (non-hydrogen) atoms. The first-order chi connectivity index (χ1) is 16.5. The van der Waals surface area contributed by atoms with Crippen molar-refractivity contribution in [3.63, 3.8) is 0 Å². The van der Waals surface area contributed by atoms with Gasteiger partial charge in [-0.15, -0.1) is 0 Å². The molecule has 3 heterocycles. The third-order valence-electron chi connectivity index (χ3n) is 6.34. The van der Waals surface area contributed by atoms with Gasteiger partial charge in [-0.25, -0.2) is 9.88 Å². The fraction of sp³-hybridized carbons (Fsp3) is 0.320. The zero-order valence-corrected chi connectivity index (χ0v) is 19.2. The van der Waals surface area contributed by atoms with Gasteiger partial charge in [0.1, 0.15) is 34.2 Å². The average molecular weight is 463 g/mol. The molecule has 176 valence electrons. The van der Waals surface area contributed by atoms with E-state index in [2.05, 4.69) is 10.3 Å². The second-order valence-corrected chi connectivity index (χ2v) is 8.17. The van der Waals surface area contributed by atoms with E-state index in [0.29, 0.717) is 59.8 Å². The fourth-order valence-corrected chi connectivity index (χ4v) is 4.62. The maximum absolute atomic E-state index is 14.0. The first kappa shape index (κ1) is 22.0. The summed E-state index contributed by atoms with van der Waals surface area (Å²) in [6, 6.07) is 12.0. The summed E-state index contributed by atoms with van der Waals surface area (Å²) in [4.78, 5) is 33.5. The van der Waals surface area contributed by atoms with E-state index in [1.54, 1.807) is 30.3 Å². The molecule has 1 N–H and O–H groups in total. The predicted octanol–water partition coefficient (Wildman–Crippen LogP) is 3.02.